The van der Waals surface area contributed by atoms with Crippen molar-refractivity contribution in [2.75, 3.05) is 24.6 Å². The van der Waals surface area contributed by atoms with Crippen molar-refractivity contribution in [2.24, 2.45) is 0 Å². The van der Waals surface area contributed by atoms with Crippen LogP contribution in [0.4, 0.5) is 5.69 Å². The van der Waals surface area contributed by atoms with Crippen LogP contribution < -0.4 is 4.90 Å². The lowest BCUT2D eigenvalue weighted by Crippen LogP contribution is -2.41. The predicted octanol–water partition coefficient (Wildman–Crippen LogP) is 1.84. The summed E-state index contributed by atoms with van der Waals surface area (Å²) in [6.07, 6.45) is -0.364. The minimum Gasteiger partial charge on any atom is -0.389 e. The monoisotopic (exact) mass is 246 g/mol. The molecule has 2 atom stereocenters. The summed E-state index contributed by atoms with van der Waals surface area (Å²) in [5.74, 6) is 0. The first kappa shape index (κ1) is 12.9. The molecule has 2 rings (SSSR count). The summed E-state index contributed by atoms with van der Waals surface area (Å²) < 4.78 is 5.52. The van der Waals surface area contributed by atoms with Crippen LogP contribution in [-0.2, 0) is 4.74 Å². The molecule has 96 valence electrons. The quantitative estimate of drug-likeness (QED) is 0.865. The van der Waals surface area contributed by atoms with E-state index in [9.17, 15) is 5.11 Å². The fraction of sp³-hybridized carbons (Fsp3) is 0.500. The Morgan fingerprint density at radius 3 is 2.94 bits per heavy atom. The van der Waals surface area contributed by atoms with Crippen molar-refractivity contribution in [3.05, 3.63) is 29.3 Å². The lowest BCUT2D eigenvalue weighted by molar-refractivity contribution is 0.0529. The van der Waals surface area contributed by atoms with Gasteiger partial charge in [-0.1, -0.05) is 6.07 Å². The second-order valence-electron chi connectivity index (χ2n) is 4.69. The topological polar surface area (TPSA) is 56.5 Å². The van der Waals surface area contributed by atoms with E-state index in [4.69, 9.17) is 10.00 Å². The number of rotatable bonds is 2. The van der Waals surface area contributed by atoms with Crippen molar-refractivity contribution in [3.8, 4) is 6.07 Å². The maximum atomic E-state index is 9.82. The Morgan fingerprint density at radius 2 is 2.33 bits per heavy atom. The van der Waals surface area contributed by atoms with Gasteiger partial charge in [-0.25, -0.2) is 0 Å². The number of nitriles is 1. The molecule has 4 nitrogen and oxygen atoms in total. The Hall–Kier alpha value is -1.57. The van der Waals surface area contributed by atoms with Crippen LogP contribution in [0.3, 0.4) is 0 Å². The average Bonchev–Trinajstić information content (AvgIpc) is 2.38. The van der Waals surface area contributed by atoms with Crippen molar-refractivity contribution in [3.63, 3.8) is 0 Å². The zero-order chi connectivity index (χ0) is 13.1. The molecule has 1 aromatic carbocycles. The molecule has 0 aromatic heterocycles. The maximum absolute atomic E-state index is 9.82. The number of morpholine rings is 1. The van der Waals surface area contributed by atoms with Crippen molar-refractivity contribution >= 4 is 5.69 Å². The number of ether oxygens (including phenoxy) is 1. The molecule has 18 heavy (non-hydrogen) atoms. The highest BCUT2D eigenvalue weighted by Crippen LogP contribution is 2.28. The van der Waals surface area contributed by atoms with Gasteiger partial charge in [0.15, 0.2) is 0 Å². The number of aliphatic hydroxyl groups is 1. The van der Waals surface area contributed by atoms with E-state index in [0.717, 1.165) is 24.3 Å². The molecule has 0 spiro atoms. The van der Waals surface area contributed by atoms with Crippen LogP contribution in [0.5, 0.6) is 0 Å². The van der Waals surface area contributed by atoms with Crippen molar-refractivity contribution in [1.82, 2.24) is 0 Å². The van der Waals surface area contributed by atoms with E-state index in [1.807, 2.05) is 19.1 Å². The highest BCUT2D eigenvalue weighted by molar-refractivity contribution is 5.58. The van der Waals surface area contributed by atoms with Crippen LogP contribution >= 0.6 is 0 Å². The summed E-state index contributed by atoms with van der Waals surface area (Å²) in [6, 6.07) is 7.57. The summed E-state index contributed by atoms with van der Waals surface area (Å²) in [5.41, 5.74) is 2.43. The summed E-state index contributed by atoms with van der Waals surface area (Å²) in [5, 5.41) is 18.8. The lowest BCUT2D eigenvalue weighted by Gasteiger charge is -2.34. The Bertz CT molecular complexity index is 465. The highest BCUT2D eigenvalue weighted by atomic mass is 16.5. The van der Waals surface area contributed by atoms with E-state index in [-0.39, 0.29) is 6.10 Å². The van der Waals surface area contributed by atoms with Gasteiger partial charge in [-0.05, 0) is 26.0 Å². The second-order valence-corrected chi connectivity index (χ2v) is 4.69. The summed E-state index contributed by atoms with van der Waals surface area (Å²) in [7, 11) is 0. The smallest absolute Gasteiger partial charge is 0.0992 e. The largest absolute Gasteiger partial charge is 0.389 e. The molecular weight excluding hydrogens is 228 g/mol. The van der Waals surface area contributed by atoms with Crippen molar-refractivity contribution in [1.29, 1.82) is 5.26 Å². The number of anilines is 1. The molecule has 2 unspecified atom stereocenters. The molecule has 1 aliphatic heterocycles. The van der Waals surface area contributed by atoms with Gasteiger partial charge in [0.05, 0.1) is 30.4 Å². The molecule has 1 heterocycles. The van der Waals surface area contributed by atoms with Gasteiger partial charge in [0.1, 0.15) is 0 Å². The SMILES string of the molecule is CC1CN(c2cc(C#N)ccc2C(C)O)CCO1. The number of nitrogens with zero attached hydrogens (tertiary/aromatic N) is 2. The zero-order valence-electron chi connectivity index (χ0n) is 10.8. The molecule has 1 saturated heterocycles. The normalized spacial score (nSPS) is 21.4. The first-order valence-electron chi connectivity index (χ1n) is 6.20. The first-order valence-corrected chi connectivity index (χ1v) is 6.20. The first-order chi connectivity index (χ1) is 8.61. The van der Waals surface area contributed by atoms with E-state index >= 15 is 0 Å². The number of hydrogen-bond acceptors (Lipinski definition) is 4. The van der Waals surface area contributed by atoms with Gasteiger partial charge in [-0.2, -0.15) is 5.26 Å². The molecule has 1 N–H and O–H groups in total. The Balaban J connectivity index is 2.37. The lowest BCUT2D eigenvalue weighted by atomic mass is 10.0. The van der Waals surface area contributed by atoms with Crippen LogP contribution in [0.25, 0.3) is 0 Å². The Labute approximate surface area is 107 Å². The van der Waals surface area contributed by atoms with Crippen LogP contribution in [0.15, 0.2) is 18.2 Å². The van der Waals surface area contributed by atoms with Gasteiger partial charge >= 0.3 is 0 Å². The summed E-state index contributed by atoms with van der Waals surface area (Å²) >= 11 is 0. The average molecular weight is 246 g/mol. The fourth-order valence-electron chi connectivity index (χ4n) is 2.28. The highest BCUT2D eigenvalue weighted by Gasteiger charge is 2.21. The van der Waals surface area contributed by atoms with Crippen LogP contribution in [0.2, 0.25) is 0 Å². The molecule has 0 amide bonds. The molecule has 1 aliphatic rings. The van der Waals surface area contributed by atoms with Crippen molar-refractivity contribution in [2.45, 2.75) is 26.1 Å². The third kappa shape index (κ3) is 2.63. The minimum atomic E-state index is -0.536. The molecule has 0 bridgehead atoms. The van der Waals surface area contributed by atoms with E-state index < -0.39 is 6.10 Å². The number of hydrogen-bond donors (Lipinski definition) is 1. The van der Waals surface area contributed by atoms with E-state index in [0.29, 0.717) is 12.2 Å². The van der Waals surface area contributed by atoms with E-state index in [1.54, 1.807) is 13.0 Å². The molecule has 0 radical (unpaired) electrons. The summed E-state index contributed by atoms with van der Waals surface area (Å²) in [6.45, 7) is 6.03. The number of benzene rings is 1. The minimum absolute atomic E-state index is 0.173. The number of aliphatic hydroxyl groups excluding tert-OH is 1. The molecule has 1 aromatic rings. The molecule has 1 fully saturated rings. The van der Waals surface area contributed by atoms with Gasteiger partial charge in [0, 0.05) is 24.3 Å². The third-order valence-electron chi connectivity index (χ3n) is 3.19. The van der Waals surface area contributed by atoms with Gasteiger partial charge in [-0.3, -0.25) is 0 Å². The predicted molar refractivity (Wildman–Crippen MR) is 69.4 cm³/mol. The molecule has 0 saturated carbocycles. The third-order valence-corrected chi connectivity index (χ3v) is 3.19. The molecule has 4 heteroatoms. The van der Waals surface area contributed by atoms with Gasteiger partial charge in [0.25, 0.3) is 0 Å². The molecule has 0 aliphatic carbocycles. The molecular formula is C14H18N2O2. The van der Waals surface area contributed by atoms with Crippen LogP contribution in [-0.4, -0.2) is 30.9 Å². The van der Waals surface area contributed by atoms with Gasteiger partial charge in [-0.15, -0.1) is 0 Å². The van der Waals surface area contributed by atoms with Crippen molar-refractivity contribution < 1.29 is 9.84 Å². The van der Waals surface area contributed by atoms with Gasteiger partial charge < -0.3 is 14.7 Å². The summed E-state index contributed by atoms with van der Waals surface area (Å²) in [4.78, 5) is 2.18. The standard InChI is InChI=1S/C14H18N2O2/c1-10-9-16(5-6-18-10)14-7-12(8-15)3-4-13(14)11(2)17/h3-4,7,10-11,17H,5-6,9H2,1-2H3. The van der Waals surface area contributed by atoms with E-state index in [1.165, 1.54) is 0 Å². The zero-order valence-corrected chi connectivity index (χ0v) is 10.8. The van der Waals surface area contributed by atoms with E-state index in [2.05, 4.69) is 11.0 Å². The second kappa shape index (κ2) is 5.38. The van der Waals surface area contributed by atoms with Crippen LogP contribution in [0, 0.1) is 11.3 Å². The maximum Gasteiger partial charge on any atom is 0.0992 e. The van der Waals surface area contributed by atoms with Crippen LogP contribution in [0.1, 0.15) is 31.1 Å². The van der Waals surface area contributed by atoms with Gasteiger partial charge in [0.2, 0.25) is 0 Å². The Morgan fingerprint density at radius 1 is 1.56 bits per heavy atom. The Kier molecular flexibility index (Phi) is 3.85. The fourth-order valence-corrected chi connectivity index (χ4v) is 2.28.